The molecule has 0 fully saturated rings. The number of hydrogen-bond acceptors (Lipinski definition) is 4. The van der Waals surface area contributed by atoms with E-state index in [0.29, 0.717) is 29.6 Å². The van der Waals surface area contributed by atoms with Crippen molar-refractivity contribution in [3.05, 3.63) is 56.2 Å². The summed E-state index contributed by atoms with van der Waals surface area (Å²) in [6, 6.07) is 9.68. The van der Waals surface area contributed by atoms with Crippen molar-refractivity contribution >= 4 is 27.7 Å². The van der Waals surface area contributed by atoms with Crippen LogP contribution in [0.25, 0.3) is 0 Å². The number of halogens is 1. The van der Waals surface area contributed by atoms with Gasteiger partial charge < -0.3 is 15.4 Å². The summed E-state index contributed by atoms with van der Waals surface area (Å²) < 4.78 is 1.94. The van der Waals surface area contributed by atoms with Gasteiger partial charge in [0, 0.05) is 6.42 Å². The number of carbonyl (C=O) groups is 1. The van der Waals surface area contributed by atoms with Crippen molar-refractivity contribution in [2.45, 2.75) is 39.3 Å². The lowest BCUT2D eigenvalue weighted by molar-refractivity contribution is -0.390. The zero-order valence-corrected chi connectivity index (χ0v) is 15.1. The van der Waals surface area contributed by atoms with Gasteiger partial charge in [0.2, 0.25) is 5.91 Å². The van der Waals surface area contributed by atoms with E-state index in [1.165, 1.54) is 0 Å². The largest absolute Gasteiger partial charge is 0.404 e. The van der Waals surface area contributed by atoms with Crippen molar-refractivity contribution in [3.8, 4) is 0 Å². The van der Waals surface area contributed by atoms with Gasteiger partial charge in [-0.25, -0.2) is 0 Å². The lowest BCUT2D eigenvalue weighted by atomic mass is 10.1. The summed E-state index contributed by atoms with van der Waals surface area (Å²) in [6.45, 7) is 4.14. The van der Waals surface area contributed by atoms with E-state index in [-0.39, 0.29) is 17.8 Å². The minimum absolute atomic E-state index is 0.0512. The maximum Gasteiger partial charge on any atom is 0.404 e. The molecule has 0 aliphatic heterocycles. The van der Waals surface area contributed by atoms with Crippen molar-refractivity contribution in [2.75, 3.05) is 0 Å². The highest BCUT2D eigenvalue weighted by atomic mass is 79.9. The maximum absolute atomic E-state index is 12.0. The Morgan fingerprint density at radius 2 is 2.08 bits per heavy atom. The highest BCUT2D eigenvalue weighted by molar-refractivity contribution is 9.10. The topological polar surface area (TPSA) is 90.1 Å². The highest BCUT2D eigenvalue weighted by Crippen LogP contribution is 2.27. The first kappa shape index (κ1) is 18.1. The monoisotopic (exact) mass is 394 g/mol. The van der Waals surface area contributed by atoms with Crippen molar-refractivity contribution in [2.24, 2.45) is 0 Å². The molecule has 0 spiro atoms. The molecule has 1 aromatic heterocycles. The van der Waals surface area contributed by atoms with Crippen LogP contribution in [-0.2, 0) is 11.3 Å². The van der Waals surface area contributed by atoms with E-state index in [9.17, 15) is 14.9 Å². The van der Waals surface area contributed by atoms with Gasteiger partial charge in [-0.1, -0.05) is 30.3 Å². The van der Waals surface area contributed by atoms with Gasteiger partial charge >= 0.3 is 5.82 Å². The molecule has 1 heterocycles. The van der Waals surface area contributed by atoms with Crippen molar-refractivity contribution in [1.29, 1.82) is 0 Å². The molecule has 0 unspecified atom stereocenters. The number of rotatable bonds is 7. The van der Waals surface area contributed by atoms with Gasteiger partial charge in [-0.2, -0.15) is 4.68 Å². The summed E-state index contributed by atoms with van der Waals surface area (Å²) >= 11 is 3.18. The summed E-state index contributed by atoms with van der Waals surface area (Å²) in [4.78, 5) is 22.4. The van der Waals surface area contributed by atoms with E-state index < -0.39 is 4.92 Å². The fourth-order valence-electron chi connectivity index (χ4n) is 2.37. The number of carbonyl (C=O) groups excluding carboxylic acids is 1. The molecule has 2 aromatic rings. The predicted octanol–water partition coefficient (Wildman–Crippen LogP) is 3.52. The smallest absolute Gasteiger partial charge is 0.358 e. The molecule has 1 aromatic carbocycles. The molecule has 8 heteroatoms. The summed E-state index contributed by atoms with van der Waals surface area (Å²) in [7, 11) is 0. The first-order valence-corrected chi connectivity index (χ1v) is 8.41. The molecular formula is C16H19BrN4O3. The van der Waals surface area contributed by atoms with Gasteiger partial charge in [-0.15, -0.1) is 0 Å². The van der Waals surface area contributed by atoms with Crippen molar-refractivity contribution in [3.63, 3.8) is 0 Å². The SMILES string of the molecule is Cc1c(Br)c([N+](=O)[O-])nn1CCCC(=O)N[C@H](C)c1ccccc1. The van der Waals surface area contributed by atoms with E-state index in [1.54, 1.807) is 11.6 Å². The van der Waals surface area contributed by atoms with Crippen LogP contribution in [-0.4, -0.2) is 20.6 Å². The summed E-state index contributed by atoms with van der Waals surface area (Å²) in [5, 5.41) is 17.8. The second-order valence-corrected chi connectivity index (χ2v) is 6.30. The number of nitro groups is 1. The molecule has 0 aliphatic carbocycles. The first-order valence-electron chi connectivity index (χ1n) is 7.61. The fourth-order valence-corrected chi connectivity index (χ4v) is 2.80. The quantitative estimate of drug-likeness (QED) is 0.574. The van der Waals surface area contributed by atoms with Crippen molar-refractivity contribution < 1.29 is 9.72 Å². The third-order valence-corrected chi connectivity index (χ3v) is 4.67. The van der Waals surface area contributed by atoms with Gasteiger partial charge in [0.15, 0.2) is 0 Å². The number of aryl methyl sites for hydroxylation is 1. The van der Waals surface area contributed by atoms with Crippen LogP contribution in [0.2, 0.25) is 0 Å². The van der Waals surface area contributed by atoms with E-state index >= 15 is 0 Å². The molecule has 1 atom stereocenters. The standard InChI is InChI=1S/C16H19BrN4O3/c1-11(13-7-4-3-5-8-13)18-14(22)9-6-10-20-12(2)15(17)16(19-20)21(23)24/h3-5,7-8,11H,6,9-10H2,1-2H3,(H,18,22)/t11-/m1/s1. The number of nitrogens with zero attached hydrogens (tertiary/aromatic N) is 3. The Hall–Kier alpha value is -2.22. The van der Waals surface area contributed by atoms with Gasteiger partial charge in [-0.3, -0.25) is 4.79 Å². The number of nitrogens with one attached hydrogen (secondary N) is 1. The Morgan fingerprint density at radius 1 is 1.42 bits per heavy atom. The Balaban J connectivity index is 1.85. The molecule has 1 N–H and O–H groups in total. The fraction of sp³-hybridized carbons (Fsp3) is 0.375. The summed E-state index contributed by atoms with van der Waals surface area (Å²) in [6.07, 6.45) is 0.890. The summed E-state index contributed by atoms with van der Waals surface area (Å²) in [5.74, 6) is -0.251. The molecule has 0 saturated carbocycles. The highest BCUT2D eigenvalue weighted by Gasteiger charge is 2.23. The lowest BCUT2D eigenvalue weighted by Gasteiger charge is -2.14. The van der Waals surface area contributed by atoms with E-state index in [4.69, 9.17) is 0 Å². The molecule has 2 rings (SSSR count). The zero-order chi connectivity index (χ0) is 17.7. The van der Waals surface area contributed by atoms with Crippen LogP contribution < -0.4 is 5.32 Å². The van der Waals surface area contributed by atoms with E-state index in [1.807, 2.05) is 37.3 Å². The van der Waals surface area contributed by atoms with E-state index in [0.717, 1.165) is 5.56 Å². The molecule has 0 bridgehead atoms. The molecule has 24 heavy (non-hydrogen) atoms. The zero-order valence-electron chi connectivity index (χ0n) is 13.5. The van der Waals surface area contributed by atoms with Gasteiger partial charge in [0.1, 0.15) is 4.47 Å². The van der Waals surface area contributed by atoms with Crippen LogP contribution in [0.15, 0.2) is 34.8 Å². The molecule has 7 nitrogen and oxygen atoms in total. The van der Waals surface area contributed by atoms with E-state index in [2.05, 4.69) is 26.3 Å². The second kappa shape index (κ2) is 8.05. The van der Waals surface area contributed by atoms with Crippen LogP contribution in [0.4, 0.5) is 5.82 Å². The van der Waals surface area contributed by atoms with Crippen LogP contribution in [0.1, 0.15) is 37.1 Å². The van der Waals surface area contributed by atoms with Gasteiger partial charge in [0.25, 0.3) is 0 Å². The molecule has 1 amide bonds. The van der Waals surface area contributed by atoms with Gasteiger partial charge in [-0.05, 0) is 46.7 Å². The van der Waals surface area contributed by atoms with Crippen LogP contribution in [0.5, 0.6) is 0 Å². The molecule has 0 saturated heterocycles. The normalized spacial score (nSPS) is 12.0. The Bertz CT molecular complexity index is 730. The Labute approximate surface area is 148 Å². The van der Waals surface area contributed by atoms with Crippen LogP contribution in [0, 0.1) is 17.0 Å². The predicted molar refractivity (Wildman–Crippen MR) is 93.6 cm³/mol. The number of benzene rings is 1. The molecule has 128 valence electrons. The Morgan fingerprint density at radius 3 is 2.67 bits per heavy atom. The number of hydrogen-bond donors (Lipinski definition) is 1. The second-order valence-electron chi connectivity index (χ2n) is 5.51. The minimum atomic E-state index is -0.526. The molecule has 0 radical (unpaired) electrons. The van der Waals surface area contributed by atoms with Crippen LogP contribution >= 0.6 is 15.9 Å². The number of amides is 1. The average Bonchev–Trinajstić information content (AvgIpc) is 2.84. The average molecular weight is 395 g/mol. The van der Waals surface area contributed by atoms with Crippen molar-refractivity contribution in [1.82, 2.24) is 15.1 Å². The lowest BCUT2D eigenvalue weighted by Crippen LogP contribution is -2.26. The molecular weight excluding hydrogens is 376 g/mol. The third kappa shape index (κ3) is 4.41. The number of aromatic nitrogens is 2. The van der Waals surface area contributed by atoms with Gasteiger partial charge in [0.05, 0.1) is 23.4 Å². The minimum Gasteiger partial charge on any atom is -0.358 e. The molecule has 0 aliphatic rings. The first-order chi connectivity index (χ1) is 11.4. The third-order valence-electron chi connectivity index (χ3n) is 3.74. The maximum atomic E-state index is 12.0. The summed E-state index contributed by atoms with van der Waals surface area (Å²) in [5.41, 5.74) is 1.73. The van der Waals surface area contributed by atoms with Crippen LogP contribution in [0.3, 0.4) is 0 Å². The Kier molecular flexibility index (Phi) is 6.08.